The van der Waals surface area contributed by atoms with Crippen LogP contribution in [0.2, 0.25) is 0 Å². The molecule has 8 nitrogen and oxygen atoms in total. The number of hydrogen-bond donors (Lipinski definition) is 2. The Morgan fingerprint density at radius 1 is 1.30 bits per heavy atom. The first-order valence-corrected chi connectivity index (χ1v) is 10.0. The number of nitro groups is 1. The normalized spacial score (nSPS) is 16.5. The molecule has 0 aliphatic heterocycles. The average Bonchev–Trinajstić information content (AvgIpc) is 3.20. The standard InChI is InChI=1S/C17H13N5O3S2/c23-17-21-11-4-1-8(5-13(11)27-17)20-15-14-10-3-2-9(22(24)25)6-12(10)26-16(14)19-7-18-15/h1,4-5,7,9H,2-3,6H2,(H,21,23)(H,18,19,20). The van der Waals surface area contributed by atoms with E-state index in [0.717, 1.165) is 47.9 Å². The van der Waals surface area contributed by atoms with Gasteiger partial charge in [0.15, 0.2) is 0 Å². The van der Waals surface area contributed by atoms with Crippen molar-refractivity contribution in [2.75, 3.05) is 5.32 Å². The van der Waals surface area contributed by atoms with Crippen LogP contribution >= 0.6 is 22.7 Å². The lowest BCUT2D eigenvalue weighted by molar-refractivity contribution is -0.523. The van der Waals surface area contributed by atoms with E-state index in [1.54, 1.807) is 0 Å². The fourth-order valence-corrected chi connectivity index (χ4v) is 5.56. The molecule has 0 saturated heterocycles. The molecule has 1 atom stereocenters. The molecular weight excluding hydrogens is 386 g/mol. The zero-order chi connectivity index (χ0) is 18.5. The Hall–Kier alpha value is -2.85. The van der Waals surface area contributed by atoms with Gasteiger partial charge in [-0.05, 0) is 30.2 Å². The summed E-state index contributed by atoms with van der Waals surface area (Å²) in [6.45, 7) is 0. The summed E-state index contributed by atoms with van der Waals surface area (Å²) in [6.07, 6.45) is 3.14. The van der Waals surface area contributed by atoms with Crippen LogP contribution in [0, 0.1) is 10.1 Å². The minimum atomic E-state index is -0.520. The van der Waals surface area contributed by atoms with E-state index < -0.39 is 6.04 Å². The van der Waals surface area contributed by atoms with E-state index in [9.17, 15) is 14.9 Å². The Bertz CT molecular complexity index is 1260. The van der Waals surface area contributed by atoms with Crippen molar-refractivity contribution < 1.29 is 4.92 Å². The van der Waals surface area contributed by atoms with E-state index in [4.69, 9.17) is 0 Å². The van der Waals surface area contributed by atoms with Crippen molar-refractivity contribution in [1.82, 2.24) is 15.0 Å². The highest BCUT2D eigenvalue weighted by Gasteiger charge is 2.31. The largest absolute Gasteiger partial charge is 0.340 e. The number of aromatic nitrogens is 3. The second kappa shape index (κ2) is 6.10. The maximum atomic E-state index is 11.5. The van der Waals surface area contributed by atoms with Crippen LogP contribution in [0.15, 0.2) is 29.3 Å². The molecule has 3 aromatic heterocycles. The van der Waals surface area contributed by atoms with Crippen LogP contribution in [0.4, 0.5) is 11.5 Å². The number of hydrogen-bond acceptors (Lipinski definition) is 8. The lowest BCUT2D eigenvalue weighted by Crippen LogP contribution is -2.26. The van der Waals surface area contributed by atoms with Crippen LogP contribution in [0.5, 0.6) is 0 Å². The van der Waals surface area contributed by atoms with Crippen molar-refractivity contribution in [1.29, 1.82) is 0 Å². The third kappa shape index (κ3) is 2.77. The van der Waals surface area contributed by atoms with Crippen molar-refractivity contribution >= 4 is 54.6 Å². The number of rotatable bonds is 3. The van der Waals surface area contributed by atoms with Gasteiger partial charge in [0.1, 0.15) is 17.0 Å². The maximum absolute atomic E-state index is 11.5. The minimum absolute atomic E-state index is 0.0844. The van der Waals surface area contributed by atoms with E-state index in [1.165, 1.54) is 17.7 Å². The highest BCUT2D eigenvalue weighted by molar-refractivity contribution is 7.19. The van der Waals surface area contributed by atoms with Gasteiger partial charge >= 0.3 is 4.87 Å². The first kappa shape index (κ1) is 16.3. The van der Waals surface area contributed by atoms with Crippen LogP contribution < -0.4 is 10.2 Å². The molecule has 5 rings (SSSR count). The molecule has 0 spiro atoms. The van der Waals surface area contributed by atoms with Gasteiger partial charge < -0.3 is 10.3 Å². The fourth-order valence-electron chi connectivity index (χ4n) is 3.53. The molecule has 3 heterocycles. The van der Waals surface area contributed by atoms with Gasteiger partial charge in [0.05, 0.1) is 15.6 Å². The van der Waals surface area contributed by atoms with Crippen molar-refractivity contribution in [3.63, 3.8) is 0 Å². The zero-order valence-electron chi connectivity index (χ0n) is 13.9. The Kier molecular flexibility index (Phi) is 3.69. The Balaban J connectivity index is 1.57. The quantitative estimate of drug-likeness (QED) is 0.403. The summed E-state index contributed by atoms with van der Waals surface area (Å²) in [6, 6.07) is 5.14. The SMILES string of the molecule is O=c1[nH]c2ccc(Nc3ncnc4sc5c(c34)CCC([N+](=O)[O-])C5)cc2s1. The van der Waals surface area contributed by atoms with Gasteiger partial charge in [-0.1, -0.05) is 11.3 Å². The monoisotopic (exact) mass is 399 g/mol. The highest BCUT2D eigenvalue weighted by Crippen LogP contribution is 2.39. The zero-order valence-corrected chi connectivity index (χ0v) is 15.5. The van der Waals surface area contributed by atoms with Crippen LogP contribution in [-0.2, 0) is 12.8 Å². The molecule has 4 aromatic rings. The van der Waals surface area contributed by atoms with Gasteiger partial charge in [-0.2, -0.15) is 0 Å². The van der Waals surface area contributed by atoms with E-state index in [1.807, 2.05) is 18.2 Å². The maximum Gasteiger partial charge on any atom is 0.305 e. The smallest absolute Gasteiger partial charge is 0.305 e. The van der Waals surface area contributed by atoms with Gasteiger partial charge in [-0.15, -0.1) is 11.3 Å². The summed E-state index contributed by atoms with van der Waals surface area (Å²) in [5, 5.41) is 15.4. The minimum Gasteiger partial charge on any atom is -0.340 e. The predicted molar refractivity (Wildman–Crippen MR) is 106 cm³/mol. The lowest BCUT2D eigenvalue weighted by Gasteiger charge is -2.16. The average molecular weight is 399 g/mol. The third-order valence-electron chi connectivity index (χ3n) is 4.80. The second-order valence-electron chi connectivity index (χ2n) is 6.44. The predicted octanol–water partition coefficient (Wildman–Crippen LogP) is 3.47. The molecule has 2 N–H and O–H groups in total. The van der Waals surface area contributed by atoms with E-state index in [0.29, 0.717) is 25.1 Å². The lowest BCUT2D eigenvalue weighted by atomic mass is 9.93. The Labute approximate surface area is 160 Å². The number of thiazole rings is 1. The number of nitrogens with zero attached hydrogens (tertiary/aromatic N) is 3. The summed E-state index contributed by atoms with van der Waals surface area (Å²) < 4.78 is 0.872. The van der Waals surface area contributed by atoms with E-state index in [-0.39, 0.29) is 9.80 Å². The van der Waals surface area contributed by atoms with Crippen molar-refractivity contribution in [3.05, 3.63) is 54.7 Å². The molecule has 10 heteroatoms. The number of H-pyrrole nitrogens is 1. The number of benzene rings is 1. The molecule has 1 aliphatic carbocycles. The van der Waals surface area contributed by atoms with Crippen LogP contribution in [-0.4, -0.2) is 25.9 Å². The number of nitrogens with one attached hydrogen (secondary N) is 2. The summed E-state index contributed by atoms with van der Waals surface area (Å²) in [5.41, 5.74) is 2.75. The molecule has 0 bridgehead atoms. The molecule has 0 radical (unpaired) electrons. The van der Waals surface area contributed by atoms with E-state index in [2.05, 4.69) is 20.3 Å². The van der Waals surface area contributed by atoms with Crippen molar-refractivity contribution in [2.24, 2.45) is 0 Å². The molecule has 27 heavy (non-hydrogen) atoms. The molecule has 0 amide bonds. The Morgan fingerprint density at radius 3 is 3.04 bits per heavy atom. The van der Waals surface area contributed by atoms with Gasteiger partial charge in [-0.3, -0.25) is 14.9 Å². The first-order chi connectivity index (χ1) is 13.1. The van der Waals surface area contributed by atoms with Gasteiger partial charge in [0.2, 0.25) is 6.04 Å². The number of aromatic amines is 1. The topological polar surface area (TPSA) is 114 Å². The third-order valence-corrected chi connectivity index (χ3v) is 6.81. The number of fused-ring (bicyclic) bond motifs is 4. The van der Waals surface area contributed by atoms with Crippen LogP contribution in [0.25, 0.3) is 20.4 Å². The second-order valence-corrected chi connectivity index (χ2v) is 8.54. The number of anilines is 2. The molecule has 1 aliphatic rings. The van der Waals surface area contributed by atoms with Gasteiger partial charge in [0.25, 0.3) is 0 Å². The van der Waals surface area contributed by atoms with Gasteiger partial charge in [-0.25, -0.2) is 9.97 Å². The number of aryl methyl sites for hydroxylation is 1. The molecule has 1 aromatic carbocycles. The molecular formula is C17H13N5O3S2. The van der Waals surface area contributed by atoms with Crippen LogP contribution in [0.1, 0.15) is 16.9 Å². The molecule has 136 valence electrons. The summed E-state index contributed by atoms with van der Waals surface area (Å²) in [4.78, 5) is 35.8. The van der Waals surface area contributed by atoms with Crippen LogP contribution in [0.3, 0.4) is 0 Å². The first-order valence-electron chi connectivity index (χ1n) is 8.37. The summed E-state index contributed by atoms with van der Waals surface area (Å²) in [5.74, 6) is 0.694. The molecule has 1 unspecified atom stereocenters. The molecule has 0 fully saturated rings. The fraction of sp³-hybridized carbons (Fsp3) is 0.235. The summed E-state index contributed by atoms with van der Waals surface area (Å²) >= 11 is 2.67. The van der Waals surface area contributed by atoms with Crippen molar-refractivity contribution in [2.45, 2.75) is 25.3 Å². The molecule has 0 saturated carbocycles. The van der Waals surface area contributed by atoms with Gasteiger partial charge in [0, 0.05) is 28.3 Å². The summed E-state index contributed by atoms with van der Waals surface area (Å²) in [7, 11) is 0. The van der Waals surface area contributed by atoms with E-state index >= 15 is 0 Å². The van der Waals surface area contributed by atoms with Crippen molar-refractivity contribution in [3.8, 4) is 0 Å². The highest BCUT2D eigenvalue weighted by atomic mass is 32.1. The number of thiophene rings is 1. The Morgan fingerprint density at radius 2 is 2.19 bits per heavy atom.